The SMILES string of the molecule is OC[C@]1(c2ccccc2)CCCN1c1ccccc1.[SiH4]. The van der Waals surface area contributed by atoms with Crippen molar-refractivity contribution in [3.05, 3.63) is 66.2 Å². The number of aliphatic hydroxyl groups excluding tert-OH is 1. The normalized spacial score (nSPS) is 21.6. The Morgan fingerprint density at radius 3 is 2.15 bits per heavy atom. The molecule has 3 rings (SSSR count). The summed E-state index contributed by atoms with van der Waals surface area (Å²) in [6.07, 6.45) is 2.12. The van der Waals surface area contributed by atoms with Gasteiger partial charge in [0.2, 0.25) is 0 Å². The van der Waals surface area contributed by atoms with Gasteiger partial charge in [0.25, 0.3) is 0 Å². The zero-order valence-electron chi connectivity index (χ0n) is 11.0. The molecule has 0 saturated carbocycles. The Balaban J connectivity index is 0.00000147. The molecule has 0 radical (unpaired) electrons. The molecule has 2 nitrogen and oxygen atoms in total. The summed E-state index contributed by atoms with van der Waals surface area (Å²) in [5.74, 6) is 0. The zero-order valence-corrected chi connectivity index (χ0v) is 11.0. The van der Waals surface area contributed by atoms with Crippen LogP contribution in [0.15, 0.2) is 60.7 Å². The summed E-state index contributed by atoms with van der Waals surface area (Å²) in [4.78, 5) is 2.35. The number of para-hydroxylation sites is 1. The lowest BCUT2D eigenvalue weighted by Gasteiger charge is -2.39. The standard InChI is InChI=1S/C17H19NO.H4Si/c19-14-17(15-8-3-1-4-9-15)12-7-13-18(17)16-10-5-2-6-11-16;/h1-6,8-11,19H,7,12-14H2;1H4/t17-;/m0./s1. The van der Waals surface area contributed by atoms with Crippen LogP contribution >= 0.6 is 0 Å². The minimum absolute atomic E-state index is 0. The third-order valence-corrected chi connectivity index (χ3v) is 4.13. The van der Waals surface area contributed by atoms with E-state index in [0.29, 0.717) is 0 Å². The molecule has 2 aromatic carbocycles. The molecule has 0 aromatic heterocycles. The van der Waals surface area contributed by atoms with E-state index < -0.39 is 0 Å². The average Bonchev–Trinajstić information content (AvgIpc) is 2.94. The number of aliphatic hydroxyl groups is 1. The van der Waals surface area contributed by atoms with Crippen molar-refractivity contribution in [3.63, 3.8) is 0 Å². The van der Waals surface area contributed by atoms with Crippen LogP contribution in [-0.4, -0.2) is 29.2 Å². The van der Waals surface area contributed by atoms with Crippen LogP contribution in [0, 0.1) is 0 Å². The summed E-state index contributed by atoms with van der Waals surface area (Å²) >= 11 is 0. The molecule has 3 heteroatoms. The lowest BCUT2D eigenvalue weighted by Crippen LogP contribution is -2.44. The third-order valence-electron chi connectivity index (χ3n) is 4.13. The van der Waals surface area contributed by atoms with Crippen LogP contribution in [-0.2, 0) is 5.54 Å². The topological polar surface area (TPSA) is 23.5 Å². The van der Waals surface area contributed by atoms with E-state index in [1.807, 2.05) is 24.3 Å². The van der Waals surface area contributed by atoms with E-state index >= 15 is 0 Å². The van der Waals surface area contributed by atoms with Gasteiger partial charge in [0.1, 0.15) is 0 Å². The maximum atomic E-state index is 10.1. The molecular weight excluding hydrogens is 262 g/mol. The van der Waals surface area contributed by atoms with Gasteiger partial charge in [-0.15, -0.1) is 0 Å². The van der Waals surface area contributed by atoms with Gasteiger partial charge in [-0.2, -0.15) is 0 Å². The smallest absolute Gasteiger partial charge is 0.0884 e. The van der Waals surface area contributed by atoms with Crippen molar-refractivity contribution in [2.75, 3.05) is 18.1 Å². The van der Waals surface area contributed by atoms with Crippen molar-refractivity contribution in [1.82, 2.24) is 0 Å². The second-order valence-corrected chi connectivity index (χ2v) is 5.15. The third kappa shape index (κ3) is 2.39. The molecular formula is C17H23NOSi. The van der Waals surface area contributed by atoms with E-state index in [2.05, 4.69) is 41.3 Å². The summed E-state index contributed by atoms with van der Waals surface area (Å²) < 4.78 is 0. The highest BCUT2D eigenvalue weighted by Crippen LogP contribution is 2.41. The van der Waals surface area contributed by atoms with Gasteiger partial charge in [-0.1, -0.05) is 48.5 Å². The van der Waals surface area contributed by atoms with Crippen LogP contribution in [0.4, 0.5) is 5.69 Å². The molecule has 0 unspecified atom stereocenters. The minimum Gasteiger partial charge on any atom is -0.394 e. The van der Waals surface area contributed by atoms with E-state index in [1.54, 1.807) is 0 Å². The number of rotatable bonds is 3. The Morgan fingerprint density at radius 1 is 0.950 bits per heavy atom. The molecule has 1 saturated heterocycles. The van der Waals surface area contributed by atoms with Crippen LogP contribution in [0.25, 0.3) is 0 Å². The average molecular weight is 285 g/mol. The Bertz CT molecular complexity index is 531. The lowest BCUT2D eigenvalue weighted by molar-refractivity contribution is 0.198. The number of hydrogen-bond donors (Lipinski definition) is 1. The molecule has 1 atom stereocenters. The first-order chi connectivity index (χ1) is 9.37. The first kappa shape index (κ1) is 14.8. The molecule has 1 fully saturated rings. The van der Waals surface area contributed by atoms with E-state index in [9.17, 15) is 5.11 Å². The molecule has 106 valence electrons. The van der Waals surface area contributed by atoms with Gasteiger partial charge in [0.15, 0.2) is 0 Å². The van der Waals surface area contributed by atoms with Gasteiger partial charge >= 0.3 is 0 Å². The van der Waals surface area contributed by atoms with E-state index in [4.69, 9.17) is 0 Å². The van der Waals surface area contributed by atoms with Crippen LogP contribution in [0.5, 0.6) is 0 Å². The maximum Gasteiger partial charge on any atom is 0.0884 e. The highest BCUT2D eigenvalue weighted by molar-refractivity contribution is 5.75. The van der Waals surface area contributed by atoms with Crippen molar-refractivity contribution in [2.24, 2.45) is 0 Å². The minimum atomic E-state index is -0.261. The largest absolute Gasteiger partial charge is 0.394 e. The van der Waals surface area contributed by atoms with Crippen molar-refractivity contribution < 1.29 is 5.11 Å². The second kappa shape index (κ2) is 6.24. The summed E-state index contributed by atoms with van der Waals surface area (Å²) in [6.45, 7) is 1.16. The summed E-state index contributed by atoms with van der Waals surface area (Å²) in [5.41, 5.74) is 2.14. The number of anilines is 1. The number of benzene rings is 2. The maximum absolute atomic E-state index is 10.1. The van der Waals surface area contributed by atoms with Gasteiger partial charge in [-0.25, -0.2) is 0 Å². The van der Waals surface area contributed by atoms with Crippen LogP contribution < -0.4 is 4.90 Å². The van der Waals surface area contributed by atoms with E-state index in [1.165, 1.54) is 11.3 Å². The highest BCUT2D eigenvalue weighted by Gasteiger charge is 2.41. The molecule has 0 bridgehead atoms. The van der Waals surface area contributed by atoms with Gasteiger partial charge < -0.3 is 10.0 Å². The van der Waals surface area contributed by atoms with Crippen LogP contribution in [0.1, 0.15) is 18.4 Å². The molecule has 1 N–H and O–H groups in total. The predicted molar refractivity (Wildman–Crippen MR) is 89.6 cm³/mol. The molecule has 20 heavy (non-hydrogen) atoms. The van der Waals surface area contributed by atoms with Gasteiger partial charge in [0.05, 0.1) is 12.1 Å². The van der Waals surface area contributed by atoms with E-state index in [-0.39, 0.29) is 23.1 Å². The van der Waals surface area contributed by atoms with Crippen molar-refractivity contribution >= 4 is 16.7 Å². The first-order valence-electron chi connectivity index (χ1n) is 6.86. The molecule has 1 aliphatic heterocycles. The summed E-state index contributed by atoms with van der Waals surface area (Å²) in [6, 6.07) is 20.8. The van der Waals surface area contributed by atoms with Crippen LogP contribution in [0.2, 0.25) is 0 Å². The second-order valence-electron chi connectivity index (χ2n) is 5.15. The lowest BCUT2D eigenvalue weighted by atomic mass is 9.87. The van der Waals surface area contributed by atoms with Crippen LogP contribution in [0.3, 0.4) is 0 Å². The summed E-state index contributed by atoms with van der Waals surface area (Å²) in [7, 11) is 0. The first-order valence-corrected chi connectivity index (χ1v) is 6.86. The molecule has 0 amide bonds. The fraction of sp³-hybridized carbons (Fsp3) is 0.294. The van der Waals surface area contributed by atoms with Gasteiger partial charge in [0, 0.05) is 12.2 Å². The molecule has 1 heterocycles. The Labute approximate surface area is 125 Å². The summed E-state index contributed by atoms with van der Waals surface area (Å²) in [5, 5.41) is 10.1. The zero-order chi connectivity index (χ0) is 13.1. The van der Waals surface area contributed by atoms with Crippen molar-refractivity contribution in [1.29, 1.82) is 0 Å². The fourth-order valence-electron chi connectivity index (χ4n) is 3.17. The molecule has 0 spiro atoms. The van der Waals surface area contributed by atoms with Gasteiger partial charge in [-0.3, -0.25) is 0 Å². The number of nitrogens with zero attached hydrogens (tertiary/aromatic N) is 1. The quantitative estimate of drug-likeness (QED) is 0.868. The van der Waals surface area contributed by atoms with E-state index in [0.717, 1.165) is 19.4 Å². The molecule has 0 aliphatic carbocycles. The Hall–Kier alpha value is -1.58. The van der Waals surface area contributed by atoms with Gasteiger partial charge in [-0.05, 0) is 41.5 Å². The van der Waals surface area contributed by atoms with Crippen molar-refractivity contribution in [3.8, 4) is 0 Å². The fourth-order valence-corrected chi connectivity index (χ4v) is 3.17. The van der Waals surface area contributed by atoms with Crippen molar-refractivity contribution in [2.45, 2.75) is 18.4 Å². The highest BCUT2D eigenvalue weighted by atomic mass is 28.1. The number of hydrogen-bond acceptors (Lipinski definition) is 2. The molecule has 2 aromatic rings. The Kier molecular flexibility index (Phi) is 4.63. The Morgan fingerprint density at radius 2 is 1.55 bits per heavy atom. The predicted octanol–water partition coefficient (Wildman–Crippen LogP) is 1.72. The molecule has 1 aliphatic rings. The monoisotopic (exact) mass is 285 g/mol.